The molecule has 1 amide bonds. The maximum Gasteiger partial charge on any atom is 0.256 e. The largest absolute Gasteiger partial charge is 0.335 e. The lowest BCUT2D eigenvalue weighted by Crippen LogP contribution is -2.59. The average Bonchev–Trinajstić information content (AvgIpc) is 2.13. The van der Waals surface area contributed by atoms with Gasteiger partial charge in [-0.15, -0.1) is 0 Å². The van der Waals surface area contributed by atoms with Crippen LogP contribution in [0.3, 0.4) is 0 Å². The summed E-state index contributed by atoms with van der Waals surface area (Å²) in [6, 6.07) is 5.09. The van der Waals surface area contributed by atoms with Crippen LogP contribution < -0.4 is 0 Å². The Bertz CT molecular complexity index is 444. The third-order valence-electron chi connectivity index (χ3n) is 3.04. The monoisotopic (exact) mass is 348 g/mol. The van der Waals surface area contributed by atoms with Gasteiger partial charge in [-0.1, -0.05) is 0 Å². The molecule has 1 heterocycles. The molecule has 0 N–H and O–H groups in total. The van der Waals surface area contributed by atoms with Gasteiger partial charge < -0.3 is 9.80 Å². The molecule has 0 spiro atoms. The van der Waals surface area contributed by atoms with Gasteiger partial charge in [0.1, 0.15) is 5.82 Å². The van der Waals surface area contributed by atoms with Crippen molar-refractivity contribution in [1.82, 2.24) is 9.80 Å². The lowest BCUT2D eigenvalue weighted by Gasteiger charge is -2.42. The van der Waals surface area contributed by atoms with Crippen LogP contribution in [0.1, 0.15) is 10.4 Å². The van der Waals surface area contributed by atoms with E-state index in [9.17, 15) is 9.18 Å². The number of halogens is 2. The Hall–Kier alpha value is -0.690. The molecule has 0 aliphatic carbocycles. The first kappa shape index (κ1) is 12.8. The number of carbonyl (C=O) groups is 1. The molecule has 1 saturated heterocycles. The number of nitrogens with zero attached hydrogens (tertiary/aromatic N) is 2. The molecule has 1 aliphatic rings. The second kappa shape index (κ2) is 4.89. The number of rotatable bonds is 2. The van der Waals surface area contributed by atoms with Crippen LogP contribution in [-0.4, -0.2) is 48.9 Å². The first-order valence-electron chi connectivity index (χ1n) is 5.40. The molecule has 0 bridgehead atoms. The topological polar surface area (TPSA) is 23.6 Å². The molecule has 17 heavy (non-hydrogen) atoms. The minimum atomic E-state index is -0.435. The van der Waals surface area contributed by atoms with Crippen LogP contribution in [0.2, 0.25) is 0 Å². The number of carbonyl (C=O) groups excluding carboxylic acids is 1. The zero-order valence-corrected chi connectivity index (χ0v) is 11.9. The van der Waals surface area contributed by atoms with Crippen molar-refractivity contribution in [2.24, 2.45) is 0 Å². The van der Waals surface area contributed by atoms with Gasteiger partial charge in [0.15, 0.2) is 0 Å². The van der Waals surface area contributed by atoms with Crippen LogP contribution in [0.5, 0.6) is 0 Å². The Morgan fingerprint density at radius 3 is 2.65 bits per heavy atom. The number of hydrogen-bond donors (Lipinski definition) is 0. The van der Waals surface area contributed by atoms with Crippen molar-refractivity contribution in [3.8, 4) is 0 Å². The smallest absolute Gasteiger partial charge is 0.256 e. The summed E-state index contributed by atoms with van der Waals surface area (Å²) in [5.41, 5.74) is 0.169. The third kappa shape index (κ3) is 2.60. The molecular weight excluding hydrogens is 334 g/mol. The summed E-state index contributed by atoms with van der Waals surface area (Å²) < 4.78 is 14.4. The molecule has 1 aliphatic heterocycles. The second-order valence-corrected chi connectivity index (χ2v) is 5.70. The molecule has 3 nitrogen and oxygen atoms in total. The molecule has 92 valence electrons. The van der Waals surface area contributed by atoms with E-state index in [1.807, 2.05) is 36.7 Å². The van der Waals surface area contributed by atoms with Crippen molar-refractivity contribution in [2.75, 3.05) is 27.2 Å². The molecule has 0 atom stereocenters. The Morgan fingerprint density at radius 2 is 2.12 bits per heavy atom. The van der Waals surface area contributed by atoms with Crippen LogP contribution in [0.4, 0.5) is 4.39 Å². The number of amides is 1. The Kier molecular flexibility index (Phi) is 3.67. The first-order chi connectivity index (χ1) is 7.99. The van der Waals surface area contributed by atoms with E-state index in [2.05, 4.69) is 4.90 Å². The second-order valence-electron chi connectivity index (χ2n) is 4.45. The highest BCUT2D eigenvalue weighted by atomic mass is 127. The van der Waals surface area contributed by atoms with Crippen LogP contribution in [0, 0.1) is 9.39 Å². The third-order valence-corrected chi connectivity index (χ3v) is 3.71. The van der Waals surface area contributed by atoms with E-state index in [4.69, 9.17) is 0 Å². The Balaban J connectivity index is 2.07. The van der Waals surface area contributed by atoms with Gasteiger partial charge in [-0.3, -0.25) is 4.79 Å². The first-order valence-corrected chi connectivity index (χ1v) is 6.47. The number of hydrogen-bond acceptors (Lipinski definition) is 2. The van der Waals surface area contributed by atoms with Gasteiger partial charge in [-0.05, 0) is 54.9 Å². The minimum Gasteiger partial charge on any atom is -0.335 e. The molecule has 0 aromatic heterocycles. The van der Waals surface area contributed by atoms with Crippen molar-refractivity contribution in [3.63, 3.8) is 0 Å². The summed E-state index contributed by atoms with van der Waals surface area (Å²) in [5, 5.41) is 0. The number of likely N-dealkylation sites (tertiary alicyclic amines) is 1. The highest BCUT2D eigenvalue weighted by Gasteiger charge is 2.33. The van der Waals surface area contributed by atoms with E-state index in [0.717, 1.165) is 3.57 Å². The summed E-state index contributed by atoms with van der Waals surface area (Å²) in [6.45, 7) is 1.36. The zero-order valence-electron chi connectivity index (χ0n) is 9.78. The van der Waals surface area contributed by atoms with Crippen molar-refractivity contribution in [3.05, 3.63) is 33.1 Å². The van der Waals surface area contributed by atoms with Crippen molar-refractivity contribution in [2.45, 2.75) is 6.04 Å². The van der Waals surface area contributed by atoms with Gasteiger partial charge in [-0.2, -0.15) is 0 Å². The van der Waals surface area contributed by atoms with E-state index in [1.165, 1.54) is 6.07 Å². The van der Waals surface area contributed by atoms with Crippen LogP contribution in [0.15, 0.2) is 18.2 Å². The summed E-state index contributed by atoms with van der Waals surface area (Å²) >= 11 is 2.03. The molecule has 5 heteroatoms. The van der Waals surface area contributed by atoms with Crippen molar-refractivity contribution in [1.29, 1.82) is 0 Å². The molecule has 0 saturated carbocycles. The van der Waals surface area contributed by atoms with Gasteiger partial charge in [0.2, 0.25) is 0 Å². The average molecular weight is 348 g/mol. The van der Waals surface area contributed by atoms with E-state index in [1.54, 1.807) is 17.0 Å². The molecule has 1 aromatic rings. The van der Waals surface area contributed by atoms with Gasteiger partial charge in [0, 0.05) is 22.7 Å². The van der Waals surface area contributed by atoms with Crippen molar-refractivity contribution >= 4 is 28.5 Å². The maximum absolute atomic E-state index is 13.6. The summed E-state index contributed by atoms with van der Waals surface area (Å²) in [6.07, 6.45) is 0. The van der Waals surface area contributed by atoms with E-state index >= 15 is 0 Å². The van der Waals surface area contributed by atoms with Gasteiger partial charge in [-0.25, -0.2) is 4.39 Å². The Labute approximate surface area is 114 Å². The highest BCUT2D eigenvalue weighted by Crippen LogP contribution is 2.19. The molecule has 0 unspecified atom stereocenters. The molecule has 0 radical (unpaired) electrons. The lowest BCUT2D eigenvalue weighted by molar-refractivity contribution is 0.0395. The van der Waals surface area contributed by atoms with Crippen LogP contribution in [-0.2, 0) is 0 Å². The quantitative estimate of drug-likeness (QED) is 0.762. The molecule has 2 rings (SSSR count). The molecule has 1 aromatic carbocycles. The molecular formula is C12H14FIN2O. The predicted octanol–water partition coefficient (Wildman–Crippen LogP) is 1.82. The number of likely N-dealkylation sites (N-methyl/N-ethyl adjacent to an activating group) is 1. The van der Waals surface area contributed by atoms with Gasteiger partial charge in [0.05, 0.1) is 5.56 Å². The SMILES string of the molecule is CN(C)C1CN(C(=O)c2ccc(I)cc2F)C1. The fourth-order valence-electron chi connectivity index (χ4n) is 1.78. The van der Waals surface area contributed by atoms with E-state index in [-0.39, 0.29) is 11.5 Å². The predicted molar refractivity (Wildman–Crippen MR) is 72.5 cm³/mol. The van der Waals surface area contributed by atoms with Gasteiger partial charge in [0.25, 0.3) is 5.91 Å². The summed E-state index contributed by atoms with van der Waals surface area (Å²) in [4.78, 5) is 15.7. The summed E-state index contributed by atoms with van der Waals surface area (Å²) in [7, 11) is 3.97. The number of benzene rings is 1. The fraction of sp³-hybridized carbons (Fsp3) is 0.417. The van der Waals surface area contributed by atoms with E-state index in [0.29, 0.717) is 19.1 Å². The highest BCUT2D eigenvalue weighted by molar-refractivity contribution is 14.1. The van der Waals surface area contributed by atoms with E-state index < -0.39 is 5.82 Å². The zero-order chi connectivity index (χ0) is 12.6. The van der Waals surface area contributed by atoms with Gasteiger partial charge >= 0.3 is 0 Å². The standard InChI is InChI=1S/C12H14FIN2O/c1-15(2)9-6-16(7-9)12(17)10-4-3-8(14)5-11(10)13/h3-5,9H,6-7H2,1-2H3. The van der Waals surface area contributed by atoms with Crippen LogP contribution in [0.25, 0.3) is 0 Å². The van der Waals surface area contributed by atoms with Crippen LogP contribution >= 0.6 is 22.6 Å². The lowest BCUT2D eigenvalue weighted by atomic mass is 10.1. The van der Waals surface area contributed by atoms with Crippen molar-refractivity contribution < 1.29 is 9.18 Å². The normalized spacial score (nSPS) is 16.2. The minimum absolute atomic E-state index is 0.169. The fourth-order valence-corrected chi connectivity index (χ4v) is 2.23. The summed E-state index contributed by atoms with van der Waals surface area (Å²) in [5.74, 6) is -0.646. The Morgan fingerprint density at radius 1 is 1.47 bits per heavy atom. The maximum atomic E-state index is 13.6. The molecule has 1 fully saturated rings.